The second-order valence-corrected chi connectivity index (χ2v) is 7.13. The molecule has 0 bridgehead atoms. The van der Waals surface area contributed by atoms with Crippen LogP contribution in [0.5, 0.6) is 0 Å². The molecule has 21 heavy (non-hydrogen) atoms. The van der Waals surface area contributed by atoms with Crippen molar-refractivity contribution < 1.29 is 9.21 Å². The van der Waals surface area contributed by atoms with Crippen LogP contribution in [-0.4, -0.2) is 47.4 Å². The molecule has 2 rings (SSSR count). The predicted octanol–water partition coefficient (Wildman–Crippen LogP) is 2.39. The number of carbonyl (C=O) groups excluding carboxylic acids is 1. The molecule has 1 saturated heterocycles. The van der Waals surface area contributed by atoms with Crippen LogP contribution in [0.25, 0.3) is 0 Å². The second-order valence-electron chi connectivity index (χ2n) is 7.13. The number of hydrogen-bond acceptors (Lipinski definition) is 4. The first-order chi connectivity index (χ1) is 9.86. The van der Waals surface area contributed by atoms with E-state index in [4.69, 9.17) is 4.42 Å². The summed E-state index contributed by atoms with van der Waals surface area (Å²) in [5, 5.41) is 0. The molecule has 1 aromatic heterocycles. The molecule has 0 spiro atoms. The highest BCUT2D eigenvalue weighted by molar-refractivity contribution is 5.81. The van der Waals surface area contributed by atoms with Crippen LogP contribution in [0, 0.1) is 11.3 Å². The van der Waals surface area contributed by atoms with E-state index in [0.29, 0.717) is 5.92 Å². The van der Waals surface area contributed by atoms with Crippen molar-refractivity contribution in [3.63, 3.8) is 0 Å². The van der Waals surface area contributed by atoms with Gasteiger partial charge in [-0.1, -0.05) is 20.8 Å². The Morgan fingerprint density at radius 1 is 1.43 bits per heavy atom. The Morgan fingerprint density at radius 2 is 2.10 bits per heavy atom. The first kappa shape index (κ1) is 16.0. The molecule has 5 heteroatoms. The fourth-order valence-corrected chi connectivity index (χ4v) is 2.91. The molecule has 0 unspecified atom stereocenters. The minimum Gasteiger partial charge on any atom is -0.451 e. The number of rotatable bonds is 4. The fraction of sp³-hybridized carbons (Fsp3) is 0.750. The molecule has 1 fully saturated rings. The molecular weight excluding hydrogens is 266 g/mol. The number of nitrogens with zero attached hydrogens (tertiary/aromatic N) is 3. The zero-order valence-corrected chi connectivity index (χ0v) is 13.6. The van der Waals surface area contributed by atoms with Gasteiger partial charge in [-0.05, 0) is 31.8 Å². The van der Waals surface area contributed by atoms with Crippen molar-refractivity contribution in [2.45, 2.75) is 40.2 Å². The van der Waals surface area contributed by atoms with E-state index in [9.17, 15) is 4.79 Å². The maximum absolute atomic E-state index is 12.2. The van der Waals surface area contributed by atoms with Gasteiger partial charge in [0.05, 0.1) is 5.69 Å². The number of hydrogen-bond donors (Lipinski definition) is 0. The summed E-state index contributed by atoms with van der Waals surface area (Å²) in [5.41, 5.74) is 0.705. The number of likely N-dealkylation sites (tertiary alicyclic amines) is 1. The standard InChI is InChI=1S/C16H27N3O2/c1-16(2,3)15(20)18(4)9-13-5-7-19(8-6-13)10-14-11-21-12-17-14/h11-13H,5-10H2,1-4H3. The van der Waals surface area contributed by atoms with Crippen molar-refractivity contribution in [1.29, 1.82) is 0 Å². The third-order valence-electron chi connectivity index (χ3n) is 4.10. The molecule has 0 aromatic carbocycles. The highest BCUT2D eigenvalue weighted by Gasteiger charge is 2.28. The minimum absolute atomic E-state index is 0.229. The molecule has 0 atom stereocenters. The largest absolute Gasteiger partial charge is 0.451 e. The van der Waals surface area contributed by atoms with Gasteiger partial charge in [-0.25, -0.2) is 4.98 Å². The lowest BCUT2D eigenvalue weighted by Gasteiger charge is -2.35. The Bertz CT molecular complexity index is 443. The third kappa shape index (κ3) is 4.56. The lowest BCUT2D eigenvalue weighted by Crippen LogP contribution is -2.42. The molecule has 1 amide bonds. The molecule has 1 aliphatic heterocycles. The molecule has 118 valence electrons. The Balaban J connectivity index is 1.75. The third-order valence-corrected chi connectivity index (χ3v) is 4.10. The van der Waals surface area contributed by atoms with Gasteiger partial charge < -0.3 is 9.32 Å². The molecule has 0 saturated carbocycles. The van der Waals surface area contributed by atoms with E-state index in [1.54, 1.807) is 6.26 Å². The SMILES string of the molecule is CN(CC1CCN(Cc2cocn2)CC1)C(=O)C(C)(C)C. The summed E-state index contributed by atoms with van der Waals surface area (Å²) >= 11 is 0. The van der Waals surface area contributed by atoms with Crippen molar-refractivity contribution in [2.75, 3.05) is 26.7 Å². The quantitative estimate of drug-likeness (QED) is 0.855. The van der Waals surface area contributed by atoms with Crippen LogP contribution < -0.4 is 0 Å². The van der Waals surface area contributed by atoms with E-state index >= 15 is 0 Å². The summed E-state index contributed by atoms with van der Waals surface area (Å²) in [4.78, 5) is 20.7. The number of piperidine rings is 1. The number of carbonyl (C=O) groups is 1. The average molecular weight is 293 g/mol. The topological polar surface area (TPSA) is 49.6 Å². The summed E-state index contributed by atoms with van der Waals surface area (Å²) in [6.45, 7) is 9.79. The molecule has 5 nitrogen and oxygen atoms in total. The van der Waals surface area contributed by atoms with Gasteiger partial charge in [0.2, 0.25) is 5.91 Å². The maximum atomic E-state index is 12.2. The zero-order valence-electron chi connectivity index (χ0n) is 13.6. The summed E-state index contributed by atoms with van der Waals surface area (Å²) in [7, 11) is 1.93. The van der Waals surface area contributed by atoms with Crippen molar-refractivity contribution in [3.05, 3.63) is 18.4 Å². The van der Waals surface area contributed by atoms with E-state index in [-0.39, 0.29) is 11.3 Å². The first-order valence-corrected chi connectivity index (χ1v) is 7.71. The van der Waals surface area contributed by atoms with Crippen LogP contribution in [0.15, 0.2) is 17.1 Å². The normalized spacial score (nSPS) is 17.9. The van der Waals surface area contributed by atoms with Gasteiger partial charge in [-0.3, -0.25) is 9.69 Å². The van der Waals surface area contributed by atoms with Crippen LogP contribution in [-0.2, 0) is 11.3 Å². The van der Waals surface area contributed by atoms with Crippen LogP contribution >= 0.6 is 0 Å². The van der Waals surface area contributed by atoms with Gasteiger partial charge in [-0.15, -0.1) is 0 Å². The number of aromatic nitrogens is 1. The summed E-state index contributed by atoms with van der Waals surface area (Å²) in [6, 6.07) is 0. The van der Waals surface area contributed by atoms with Gasteiger partial charge in [0.15, 0.2) is 6.39 Å². The summed E-state index contributed by atoms with van der Waals surface area (Å²) in [6.07, 6.45) is 5.47. The van der Waals surface area contributed by atoms with Crippen molar-refractivity contribution >= 4 is 5.91 Å². The molecule has 1 aromatic rings. The average Bonchev–Trinajstić information content (AvgIpc) is 2.92. The molecule has 0 N–H and O–H groups in total. The molecular formula is C16H27N3O2. The summed E-state index contributed by atoms with van der Waals surface area (Å²) in [5.74, 6) is 0.836. The molecule has 0 aliphatic carbocycles. The zero-order chi connectivity index (χ0) is 15.5. The van der Waals surface area contributed by atoms with Gasteiger partial charge in [0.1, 0.15) is 6.26 Å². The van der Waals surface area contributed by atoms with E-state index in [0.717, 1.165) is 44.7 Å². The number of oxazole rings is 1. The lowest BCUT2D eigenvalue weighted by molar-refractivity contribution is -0.138. The van der Waals surface area contributed by atoms with E-state index in [1.165, 1.54) is 6.39 Å². The first-order valence-electron chi connectivity index (χ1n) is 7.71. The van der Waals surface area contributed by atoms with Gasteiger partial charge in [0, 0.05) is 25.6 Å². The maximum Gasteiger partial charge on any atom is 0.227 e. The molecule has 1 aliphatic rings. The smallest absolute Gasteiger partial charge is 0.227 e. The van der Waals surface area contributed by atoms with Gasteiger partial charge in [0.25, 0.3) is 0 Å². The highest BCUT2D eigenvalue weighted by atomic mass is 16.3. The number of amides is 1. The van der Waals surface area contributed by atoms with E-state index in [1.807, 2.05) is 32.7 Å². The Hall–Kier alpha value is -1.36. The second kappa shape index (κ2) is 6.60. The molecule has 2 heterocycles. The molecule has 0 radical (unpaired) electrons. The monoisotopic (exact) mass is 293 g/mol. The minimum atomic E-state index is -0.289. The van der Waals surface area contributed by atoms with E-state index in [2.05, 4.69) is 9.88 Å². The fourth-order valence-electron chi connectivity index (χ4n) is 2.91. The van der Waals surface area contributed by atoms with Crippen molar-refractivity contribution in [1.82, 2.24) is 14.8 Å². The van der Waals surface area contributed by atoms with Crippen LogP contribution in [0.3, 0.4) is 0 Å². The summed E-state index contributed by atoms with van der Waals surface area (Å²) < 4.78 is 5.01. The predicted molar refractivity (Wildman–Crippen MR) is 81.6 cm³/mol. The van der Waals surface area contributed by atoms with Crippen molar-refractivity contribution in [2.24, 2.45) is 11.3 Å². The van der Waals surface area contributed by atoms with Crippen molar-refractivity contribution in [3.8, 4) is 0 Å². The van der Waals surface area contributed by atoms with Gasteiger partial charge >= 0.3 is 0 Å². The van der Waals surface area contributed by atoms with Crippen LogP contribution in [0.1, 0.15) is 39.3 Å². The lowest BCUT2D eigenvalue weighted by atomic mass is 9.92. The van der Waals surface area contributed by atoms with E-state index < -0.39 is 0 Å². The van der Waals surface area contributed by atoms with Crippen LogP contribution in [0.2, 0.25) is 0 Å². The van der Waals surface area contributed by atoms with Gasteiger partial charge in [-0.2, -0.15) is 0 Å². The Kier molecular flexibility index (Phi) is 5.04. The highest BCUT2D eigenvalue weighted by Crippen LogP contribution is 2.22. The Labute approximate surface area is 127 Å². The Morgan fingerprint density at radius 3 is 2.62 bits per heavy atom. The van der Waals surface area contributed by atoms with Crippen LogP contribution in [0.4, 0.5) is 0 Å².